The fourth-order valence-electron chi connectivity index (χ4n) is 1.50. The van der Waals surface area contributed by atoms with Crippen molar-refractivity contribution in [2.45, 2.75) is 20.8 Å². The van der Waals surface area contributed by atoms with E-state index < -0.39 is 11.4 Å². The molecule has 0 atom stereocenters. The first-order valence-corrected chi connectivity index (χ1v) is 5.95. The molecule has 2 N–H and O–H groups in total. The van der Waals surface area contributed by atoms with Crippen LogP contribution in [0.4, 0.5) is 0 Å². The highest BCUT2D eigenvalue weighted by atomic mass is 79.9. The van der Waals surface area contributed by atoms with Gasteiger partial charge in [-0.2, -0.15) is 0 Å². The van der Waals surface area contributed by atoms with Crippen molar-refractivity contribution in [3.8, 4) is 5.75 Å². The van der Waals surface area contributed by atoms with E-state index in [4.69, 9.17) is 5.11 Å². The molecule has 0 unspecified atom stereocenters. The molecule has 0 bridgehead atoms. The second-order valence-corrected chi connectivity index (χ2v) is 5.43. The number of halogens is 1. The first-order valence-electron chi connectivity index (χ1n) is 5.16. The maximum atomic E-state index is 11.0. The van der Waals surface area contributed by atoms with Crippen molar-refractivity contribution >= 4 is 27.5 Å². The summed E-state index contributed by atoms with van der Waals surface area (Å²) in [5.74, 6) is -0.755. The van der Waals surface area contributed by atoms with E-state index in [0.717, 1.165) is 10.0 Å². The molecule has 92 valence electrons. The first-order chi connectivity index (χ1) is 7.74. The van der Waals surface area contributed by atoms with Crippen LogP contribution >= 0.6 is 15.9 Å². The van der Waals surface area contributed by atoms with Gasteiger partial charge in [-0.3, -0.25) is 4.79 Å². The number of carboxylic acids is 1. The third-order valence-electron chi connectivity index (χ3n) is 2.51. The Kier molecular flexibility index (Phi) is 3.98. The topological polar surface area (TPSA) is 57.5 Å². The zero-order valence-electron chi connectivity index (χ0n) is 9.99. The normalized spacial score (nSPS) is 12.6. The lowest BCUT2D eigenvalue weighted by atomic mass is 9.89. The number of phenols is 1. The summed E-state index contributed by atoms with van der Waals surface area (Å²) >= 11 is 3.32. The molecule has 0 amide bonds. The molecular weight excluding hydrogens is 284 g/mol. The van der Waals surface area contributed by atoms with E-state index in [-0.39, 0.29) is 5.75 Å². The van der Waals surface area contributed by atoms with Gasteiger partial charge in [0.05, 0.1) is 5.41 Å². The van der Waals surface area contributed by atoms with Crippen LogP contribution in [0.5, 0.6) is 5.75 Å². The van der Waals surface area contributed by atoms with Crippen LogP contribution in [0.15, 0.2) is 28.7 Å². The van der Waals surface area contributed by atoms with Crippen molar-refractivity contribution in [2.75, 3.05) is 0 Å². The minimum absolute atomic E-state index is 0.142. The van der Waals surface area contributed by atoms with Crippen LogP contribution in [-0.4, -0.2) is 16.2 Å². The first kappa shape index (κ1) is 13.8. The molecule has 0 aliphatic heterocycles. The van der Waals surface area contributed by atoms with Crippen molar-refractivity contribution in [1.82, 2.24) is 0 Å². The van der Waals surface area contributed by atoms with Gasteiger partial charge in [-0.1, -0.05) is 22.0 Å². The third-order valence-corrected chi connectivity index (χ3v) is 3.01. The minimum Gasteiger partial charge on any atom is -0.507 e. The Bertz CT molecular complexity index is 476. The number of allylic oxidation sites excluding steroid dienone is 1. The number of carboxylic acid groups (broad SMARTS) is 1. The second-order valence-electron chi connectivity index (χ2n) is 4.52. The lowest BCUT2D eigenvalue weighted by molar-refractivity contribution is -0.144. The van der Waals surface area contributed by atoms with Crippen molar-refractivity contribution in [3.05, 3.63) is 34.3 Å². The highest BCUT2D eigenvalue weighted by molar-refractivity contribution is 9.10. The third kappa shape index (κ3) is 3.33. The highest BCUT2D eigenvalue weighted by Crippen LogP contribution is 2.31. The van der Waals surface area contributed by atoms with Crippen molar-refractivity contribution in [2.24, 2.45) is 5.41 Å². The summed E-state index contributed by atoms with van der Waals surface area (Å²) < 4.78 is 0.839. The van der Waals surface area contributed by atoms with Crippen LogP contribution < -0.4 is 0 Å². The van der Waals surface area contributed by atoms with Gasteiger partial charge in [0.2, 0.25) is 0 Å². The molecule has 0 aliphatic carbocycles. The van der Waals surface area contributed by atoms with E-state index in [1.54, 1.807) is 45.0 Å². The molecule has 0 saturated carbocycles. The summed E-state index contributed by atoms with van der Waals surface area (Å²) in [4.78, 5) is 11.0. The zero-order chi connectivity index (χ0) is 13.2. The summed E-state index contributed by atoms with van der Waals surface area (Å²) in [7, 11) is 0. The number of hydrogen-bond acceptors (Lipinski definition) is 2. The van der Waals surface area contributed by atoms with Gasteiger partial charge in [-0.25, -0.2) is 0 Å². The summed E-state index contributed by atoms with van der Waals surface area (Å²) in [6.07, 6.45) is 1.64. The molecule has 0 saturated heterocycles. The van der Waals surface area contributed by atoms with E-state index in [0.29, 0.717) is 5.56 Å². The molecule has 1 aromatic carbocycles. The number of aliphatic carboxylic acids is 1. The Morgan fingerprint density at radius 3 is 2.53 bits per heavy atom. The fraction of sp³-hybridized carbons (Fsp3) is 0.308. The van der Waals surface area contributed by atoms with Crippen LogP contribution in [0.3, 0.4) is 0 Å². The Morgan fingerprint density at radius 2 is 2.00 bits per heavy atom. The zero-order valence-corrected chi connectivity index (χ0v) is 11.6. The van der Waals surface area contributed by atoms with Crippen LogP contribution in [0.2, 0.25) is 0 Å². The molecular formula is C13H15BrO3. The average Bonchev–Trinajstić information content (AvgIpc) is 2.20. The Labute approximate surface area is 109 Å². The highest BCUT2D eigenvalue weighted by Gasteiger charge is 2.24. The van der Waals surface area contributed by atoms with Crippen LogP contribution in [0.25, 0.3) is 5.57 Å². The fourth-order valence-corrected chi connectivity index (χ4v) is 1.87. The Hall–Kier alpha value is -1.29. The molecule has 1 rings (SSSR count). The van der Waals surface area contributed by atoms with Gasteiger partial charge < -0.3 is 10.2 Å². The molecule has 0 heterocycles. The summed E-state index contributed by atoms with van der Waals surface area (Å²) in [5.41, 5.74) is 0.406. The summed E-state index contributed by atoms with van der Waals surface area (Å²) in [5, 5.41) is 18.8. The van der Waals surface area contributed by atoms with Crippen molar-refractivity contribution in [1.29, 1.82) is 0 Å². The molecule has 0 radical (unpaired) electrons. The smallest absolute Gasteiger partial charge is 0.312 e. The monoisotopic (exact) mass is 298 g/mol. The Morgan fingerprint density at radius 1 is 1.41 bits per heavy atom. The standard InChI is InChI=1S/C13H15BrO3/c1-8(7-13(2,3)12(16)17)10-6-9(14)4-5-11(10)15/h4-7,15H,1-3H3,(H,16,17)/b8-7-. The molecule has 0 spiro atoms. The largest absolute Gasteiger partial charge is 0.507 e. The van der Waals surface area contributed by atoms with E-state index >= 15 is 0 Å². The van der Waals surface area contributed by atoms with E-state index in [2.05, 4.69) is 15.9 Å². The van der Waals surface area contributed by atoms with Gasteiger partial charge in [-0.05, 0) is 44.5 Å². The summed E-state index contributed by atoms with van der Waals surface area (Å²) in [6.45, 7) is 5.02. The van der Waals surface area contributed by atoms with Crippen LogP contribution in [0.1, 0.15) is 26.3 Å². The van der Waals surface area contributed by atoms with Gasteiger partial charge in [-0.15, -0.1) is 0 Å². The molecule has 0 fully saturated rings. The number of benzene rings is 1. The van der Waals surface area contributed by atoms with Gasteiger partial charge in [0.1, 0.15) is 5.75 Å². The second kappa shape index (κ2) is 4.92. The maximum absolute atomic E-state index is 11.0. The number of hydrogen-bond donors (Lipinski definition) is 2. The quantitative estimate of drug-likeness (QED) is 0.895. The van der Waals surface area contributed by atoms with Crippen molar-refractivity contribution in [3.63, 3.8) is 0 Å². The number of aromatic hydroxyl groups is 1. The van der Waals surface area contributed by atoms with Gasteiger partial charge in [0.15, 0.2) is 0 Å². The lowest BCUT2D eigenvalue weighted by Gasteiger charge is -2.16. The molecule has 3 nitrogen and oxygen atoms in total. The SMILES string of the molecule is C/C(=C/C(C)(C)C(=O)O)c1cc(Br)ccc1O. The van der Waals surface area contributed by atoms with E-state index in [9.17, 15) is 9.90 Å². The minimum atomic E-state index is -0.959. The summed E-state index contributed by atoms with van der Waals surface area (Å²) in [6, 6.07) is 5.07. The lowest BCUT2D eigenvalue weighted by Crippen LogP contribution is -2.21. The maximum Gasteiger partial charge on any atom is 0.312 e. The number of carbonyl (C=O) groups is 1. The van der Waals surface area contributed by atoms with Gasteiger partial charge >= 0.3 is 5.97 Å². The molecule has 4 heteroatoms. The molecule has 0 aliphatic rings. The van der Waals surface area contributed by atoms with E-state index in [1.165, 1.54) is 0 Å². The average molecular weight is 299 g/mol. The number of phenolic OH excluding ortho intramolecular Hbond substituents is 1. The predicted molar refractivity (Wildman–Crippen MR) is 70.9 cm³/mol. The molecule has 17 heavy (non-hydrogen) atoms. The van der Waals surface area contributed by atoms with Gasteiger partial charge in [0, 0.05) is 10.0 Å². The number of rotatable bonds is 3. The Balaban J connectivity index is 3.20. The molecule has 0 aromatic heterocycles. The van der Waals surface area contributed by atoms with Crippen LogP contribution in [0, 0.1) is 5.41 Å². The van der Waals surface area contributed by atoms with Crippen molar-refractivity contribution < 1.29 is 15.0 Å². The van der Waals surface area contributed by atoms with Gasteiger partial charge in [0.25, 0.3) is 0 Å². The van der Waals surface area contributed by atoms with E-state index in [1.807, 2.05) is 0 Å². The molecule has 1 aromatic rings. The predicted octanol–water partition coefficient (Wildman–Crippen LogP) is 3.67. The van der Waals surface area contributed by atoms with Crippen LogP contribution in [-0.2, 0) is 4.79 Å².